The Labute approximate surface area is 125 Å². The van der Waals surface area contributed by atoms with E-state index in [1.807, 2.05) is 0 Å². The van der Waals surface area contributed by atoms with Gasteiger partial charge in [0, 0.05) is 17.6 Å². The maximum Gasteiger partial charge on any atom is 0.344 e. The fraction of sp³-hybridized carbons (Fsp3) is 0.125. The summed E-state index contributed by atoms with van der Waals surface area (Å²) in [5.41, 5.74) is 0.888. The summed E-state index contributed by atoms with van der Waals surface area (Å²) in [6.45, 7) is 1.86. The number of carbonyl (C=O) groups is 1. The van der Waals surface area contributed by atoms with Crippen LogP contribution in [0.15, 0.2) is 41.3 Å². The second kappa shape index (κ2) is 5.40. The molecule has 0 aliphatic heterocycles. The summed E-state index contributed by atoms with van der Waals surface area (Å²) in [6.07, 6.45) is 1.69. The van der Waals surface area contributed by atoms with Crippen molar-refractivity contribution in [2.24, 2.45) is 0 Å². The first-order valence-electron chi connectivity index (χ1n) is 6.81. The highest BCUT2D eigenvalue weighted by Crippen LogP contribution is 2.23. The van der Waals surface area contributed by atoms with Gasteiger partial charge in [-0.1, -0.05) is 0 Å². The third-order valence-corrected chi connectivity index (χ3v) is 3.33. The van der Waals surface area contributed by atoms with Gasteiger partial charge in [0.2, 0.25) is 5.43 Å². The van der Waals surface area contributed by atoms with E-state index in [2.05, 4.69) is 9.97 Å². The van der Waals surface area contributed by atoms with Crippen LogP contribution < -0.4 is 5.43 Å². The van der Waals surface area contributed by atoms with Gasteiger partial charge in [-0.05, 0) is 31.2 Å². The van der Waals surface area contributed by atoms with Crippen molar-refractivity contribution in [3.05, 3.63) is 52.3 Å². The lowest BCUT2D eigenvalue weighted by Gasteiger charge is -2.10. The Balaban J connectivity index is 2.37. The first-order chi connectivity index (χ1) is 10.6. The van der Waals surface area contributed by atoms with Crippen molar-refractivity contribution in [2.45, 2.75) is 6.92 Å². The van der Waals surface area contributed by atoms with Crippen LogP contribution in [0.4, 0.5) is 0 Å². The van der Waals surface area contributed by atoms with Crippen LogP contribution in [0.1, 0.15) is 17.3 Å². The Bertz CT molecular complexity index is 894. The van der Waals surface area contributed by atoms with Crippen LogP contribution in [-0.2, 0) is 4.74 Å². The van der Waals surface area contributed by atoms with Crippen molar-refractivity contribution in [1.82, 2.24) is 9.97 Å². The number of hydrogen-bond acceptors (Lipinski definition) is 4. The molecule has 0 aliphatic rings. The van der Waals surface area contributed by atoms with E-state index in [0.717, 1.165) is 0 Å². The molecule has 3 N–H and O–H groups in total. The molecule has 0 saturated carbocycles. The Morgan fingerprint density at radius 2 is 2.14 bits per heavy atom. The van der Waals surface area contributed by atoms with Crippen LogP contribution in [0.25, 0.3) is 22.3 Å². The second-order valence-corrected chi connectivity index (χ2v) is 4.74. The molecule has 0 radical (unpaired) electrons. The van der Waals surface area contributed by atoms with E-state index < -0.39 is 11.4 Å². The molecule has 2 heterocycles. The number of nitrogens with one attached hydrogen (secondary N) is 2. The Morgan fingerprint density at radius 3 is 2.82 bits per heavy atom. The smallest absolute Gasteiger partial charge is 0.344 e. The lowest BCUT2D eigenvalue weighted by atomic mass is 10.1. The van der Waals surface area contributed by atoms with Crippen LogP contribution in [0.3, 0.4) is 0 Å². The molecule has 0 fully saturated rings. The molecule has 0 bridgehead atoms. The molecule has 0 amide bonds. The molecule has 3 aromatic rings. The molecule has 0 atom stereocenters. The number of aromatic amines is 2. The van der Waals surface area contributed by atoms with Crippen molar-refractivity contribution in [1.29, 1.82) is 0 Å². The summed E-state index contributed by atoms with van der Waals surface area (Å²) < 4.78 is 5.00. The number of hydrogen-bond donors (Lipinski definition) is 3. The van der Waals surface area contributed by atoms with E-state index >= 15 is 0 Å². The van der Waals surface area contributed by atoms with Gasteiger partial charge >= 0.3 is 5.97 Å². The molecule has 0 spiro atoms. The zero-order valence-corrected chi connectivity index (χ0v) is 11.8. The lowest BCUT2D eigenvalue weighted by molar-refractivity contribution is 0.0525. The van der Waals surface area contributed by atoms with Crippen LogP contribution in [0, 0.1) is 0 Å². The normalized spacial score (nSPS) is 10.8. The molecular formula is C16H14N2O4. The number of aromatic hydroxyl groups is 1. The first kappa shape index (κ1) is 13.9. The number of carbonyl (C=O) groups excluding carboxylic acids is 1. The third kappa shape index (κ3) is 2.24. The number of esters is 1. The van der Waals surface area contributed by atoms with Crippen molar-refractivity contribution < 1.29 is 14.6 Å². The number of phenols is 1. The minimum atomic E-state index is -0.677. The third-order valence-electron chi connectivity index (χ3n) is 3.33. The predicted octanol–water partition coefficient (Wildman–Crippen LogP) is 2.41. The first-order valence-corrected chi connectivity index (χ1v) is 6.81. The van der Waals surface area contributed by atoms with E-state index in [9.17, 15) is 14.7 Å². The van der Waals surface area contributed by atoms with Crippen LogP contribution >= 0.6 is 0 Å². The van der Waals surface area contributed by atoms with Gasteiger partial charge in [-0.3, -0.25) is 4.79 Å². The summed E-state index contributed by atoms with van der Waals surface area (Å²) >= 11 is 0. The van der Waals surface area contributed by atoms with Crippen molar-refractivity contribution in [3.8, 4) is 17.1 Å². The maximum absolute atomic E-state index is 12.7. The minimum absolute atomic E-state index is 0.0319. The molecule has 6 nitrogen and oxygen atoms in total. The Morgan fingerprint density at radius 1 is 1.32 bits per heavy atom. The van der Waals surface area contributed by atoms with Crippen LogP contribution in [0.2, 0.25) is 0 Å². The van der Waals surface area contributed by atoms with Crippen LogP contribution in [0.5, 0.6) is 5.75 Å². The molecule has 6 heteroatoms. The van der Waals surface area contributed by atoms with Crippen molar-refractivity contribution >= 4 is 16.9 Å². The quantitative estimate of drug-likeness (QED) is 0.647. The fourth-order valence-electron chi connectivity index (χ4n) is 2.36. The lowest BCUT2D eigenvalue weighted by Crippen LogP contribution is -2.20. The monoisotopic (exact) mass is 298 g/mol. The van der Waals surface area contributed by atoms with E-state index in [1.165, 1.54) is 18.2 Å². The van der Waals surface area contributed by atoms with Crippen molar-refractivity contribution in [2.75, 3.05) is 6.61 Å². The van der Waals surface area contributed by atoms with Crippen LogP contribution in [-0.4, -0.2) is 27.7 Å². The zero-order chi connectivity index (χ0) is 15.7. The number of benzene rings is 1. The zero-order valence-electron chi connectivity index (χ0n) is 11.8. The van der Waals surface area contributed by atoms with E-state index in [4.69, 9.17) is 4.74 Å². The van der Waals surface area contributed by atoms with Gasteiger partial charge in [0.15, 0.2) is 0 Å². The topological polar surface area (TPSA) is 95.2 Å². The summed E-state index contributed by atoms with van der Waals surface area (Å²) in [4.78, 5) is 30.8. The highest BCUT2D eigenvalue weighted by atomic mass is 16.5. The highest BCUT2D eigenvalue weighted by Gasteiger charge is 2.21. The van der Waals surface area contributed by atoms with Gasteiger partial charge in [0.05, 0.1) is 23.5 Å². The predicted molar refractivity (Wildman–Crippen MR) is 82.0 cm³/mol. The van der Waals surface area contributed by atoms with Gasteiger partial charge < -0.3 is 19.8 Å². The number of rotatable bonds is 3. The Kier molecular flexibility index (Phi) is 3.42. The van der Waals surface area contributed by atoms with E-state index in [0.29, 0.717) is 22.3 Å². The number of H-pyrrole nitrogens is 2. The van der Waals surface area contributed by atoms with Gasteiger partial charge in [-0.15, -0.1) is 0 Å². The molecule has 3 rings (SSSR count). The standard InChI is InChI=1S/C16H14N2O4/c1-2-22-16(21)13-14(11-4-3-7-17-11)18-12-8-9(19)5-6-10(12)15(13)20/h3-8,17,19H,2H2,1H3,(H,18,20). The summed E-state index contributed by atoms with van der Waals surface area (Å²) in [5.74, 6) is -0.646. The average Bonchev–Trinajstić information content (AvgIpc) is 3.00. The average molecular weight is 298 g/mol. The van der Waals surface area contributed by atoms with E-state index in [-0.39, 0.29) is 17.9 Å². The fourth-order valence-corrected chi connectivity index (χ4v) is 2.36. The number of ether oxygens (including phenoxy) is 1. The largest absolute Gasteiger partial charge is 0.508 e. The highest BCUT2D eigenvalue weighted by molar-refractivity contribution is 6.00. The second-order valence-electron chi connectivity index (χ2n) is 4.74. The molecule has 0 aliphatic carbocycles. The summed E-state index contributed by atoms with van der Waals surface area (Å²) in [7, 11) is 0. The minimum Gasteiger partial charge on any atom is -0.508 e. The molecular weight excluding hydrogens is 284 g/mol. The molecule has 112 valence electrons. The van der Waals surface area contributed by atoms with Crippen molar-refractivity contribution in [3.63, 3.8) is 0 Å². The number of fused-ring (bicyclic) bond motifs is 1. The van der Waals surface area contributed by atoms with Gasteiger partial charge in [0.1, 0.15) is 11.3 Å². The van der Waals surface area contributed by atoms with E-state index in [1.54, 1.807) is 25.3 Å². The molecule has 2 aromatic heterocycles. The SMILES string of the molecule is CCOC(=O)c1c(-c2ccc[nH]2)[nH]c2cc(O)ccc2c1=O. The van der Waals surface area contributed by atoms with Gasteiger partial charge in [-0.25, -0.2) is 4.79 Å². The van der Waals surface area contributed by atoms with Gasteiger partial charge in [-0.2, -0.15) is 0 Å². The van der Waals surface area contributed by atoms with Gasteiger partial charge in [0.25, 0.3) is 0 Å². The number of pyridine rings is 1. The Hall–Kier alpha value is -3.02. The number of aromatic nitrogens is 2. The molecule has 22 heavy (non-hydrogen) atoms. The summed E-state index contributed by atoms with van der Waals surface area (Å²) in [6, 6.07) is 7.82. The molecule has 0 saturated heterocycles. The molecule has 0 unspecified atom stereocenters. The number of phenolic OH excluding ortho intramolecular Hbond substituents is 1. The summed E-state index contributed by atoms with van der Waals surface area (Å²) in [5, 5.41) is 9.90. The molecule has 1 aromatic carbocycles. The maximum atomic E-state index is 12.7.